The summed E-state index contributed by atoms with van der Waals surface area (Å²) in [4.78, 5) is 15.0. The van der Waals surface area contributed by atoms with E-state index in [0.29, 0.717) is 17.5 Å². The molecule has 9 aromatic carbocycles. The highest BCUT2D eigenvalue weighted by atomic mass is 16.3. The van der Waals surface area contributed by atoms with Gasteiger partial charge in [0, 0.05) is 33.0 Å². The van der Waals surface area contributed by atoms with Gasteiger partial charge in [-0.15, -0.1) is 0 Å². The summed E-state index contributed by atoms with van der Waals surface area (Å²) in [5.74, 6) is 1.88. The second kappa shape index (κ2) is 13.6. The Bertz CT molecular complexity index is 3230. The van der Waals surface area contributed by atoms with Crippen LogP contribution in [-0.2, 0) is 0 Å². The van der Waals surface area contributed by atoms with Crippen LogP contribution in [0.3, 0.4) is 0 Å². The Morgan fingerprint density at radius 3 is 1.47 bits per heavy atom. The SMILES string of the molecule is c1ccc(-c2nc(-c3ccccc3)nc(-c3cccc(-c4cccc5oc6c(-c7cccc8ccccc78)cc(-c7cccc8ccccc78)cc6c45)c3)n2)cc1. The van der Waals surface area contributed by atoms with E-state index in [2.05, 4.69) is 140 Å². The zero-order valence-electron chi connectivity index (χ0n) is 30.8. The van der Waals surface area contributed by atoms with Gasteiger partial charge in [0.15, 0.2) is 17.5 Å². The van der Waals surface area contributed by atoms with E-state index in [0.717, 1.165) is 66.4 Å². The Labute approximate surface area is 329 Å². The van der Waals surface area contributed by atoms with Gasteiger partial charge in [0.2, 0.25) is 0 Å². The molecule has 0 aliphatic rings. The number of furan rings is 1. The van der Waals surface area contributed by atoms with Crippen LogP contribution < -0.4 is 0 Å². The van der Waals surface area contributed by atoms with Gasteiger partial charge >= 0.3 is 0 Å². The summed E-state index contributed by atoms with van der Waals surface area (Å²) in [7, 11) is 0. The molecule has 0 N–H and O–H groups in total. The molecule has 0 saturated carbocycles. The van der Waals surface area contributed by atoms with Crippen molar-refractivity contribution in [1.82, 2.24) is 15.0 Å². The Morgan fingerprint density at radius 2 is 0.789 bits per heavy atom. The van der Waals surface area contributed by atoms with Crippen LogP contribution in [0.15, 0.2) is 205 Å². The van der Waals surface area contributed by atoms with Gasteiger partial charge in [0.1, 0.15) is 11.2 Å². The van der Waals surface area contributed by atoms with E-state index >= 15 is 0 Å². The third-order valence-electron chi connectivity index (χ3n) is 10.9. The number of benzene rings is 9. The van der Waals surface area contributed by atoms with Crippen LogP contribution in [0.1, 0.15) is 0 Å². The fraction of sp³-hybridized carbons (Fsp3) is 0. The van der Waals surface area contributed by atoms with Gasteiger partial charge in [0.25, 0.3) is 0 Å². The molecule has 0 bridgehead atoms. The summed E-state index contributed by atoms with van der Waals surface area (Å²) in [5.41, 5.74) is 11.1. The second-order valence-corrected chi connectivity index (χ2v) is 14.4. The first-order valence-electron chi connectivity index (χ1n) is 19.2. The van der Waals surface area contributed by atoms with Crippen molar-refractivity contribution >= 4 is 43.5 Å². The minimum absolute atomic E-state index is 0.616. The molecule has 0 amide bonds. The monoisotopic (exact) mass is 727 g/mol. The molecule has 0 saturated heterocycles. The summed E-state index contributed by atoms with van der Waals surface area (Å²) in [6.45, 7) is 0. The summed E-state index contributed by atoms with van der Waals surface area (Å²) in [5, 5.41) is 6.94. The van der Waals surface area contributed by atoms with Crippen molar-refractivity contribution < 1.29 is 4.42 Å². The quantitative estimate of drug-likeness (QED) is 0.171. The Morgan fingerprint density at radius 1 is 0.298 bits per heavy atom. The van der Waals surface area contributed by atoms with Crippen molar-refractivity contribution in [3.8, 4) is 67.5 Å². The van der Waals surface area contributed by atoms with E-state index in [1.807, 2.05) is 60.7 Å². The van der Waals surface area contributed by atoms with E-state index in [9.17, 15) is 0 Å². The van der Waals surface area contributed by atoms with E-state index in [-0.39, 0.29) is 0 Å². The molecule has 4 nitrogen and oxygen atoms in total. The molecule has 2 aromatic heterocycles. The van der Waals surface area contributed by atoms with Crippen LogP contribution >= 0.6 is 0 Å². The fourth-order valence-electron chi connectivity index (χ4n) is 8.23. The molecule has 0 unspecified atom stereocenters. The van der Waals surface area contributed by atoms with Crippen LogP contribution in [0.2, 0.25) is 0 Å². The number of hydrogen-bond acceptors (Lipinski definition) is 4. The van der Waals surface area contributed by atoms with Crippen molar-refractivity contribution in [2.75, 3.05) is 0 Å². The first-order valence-corrected chi connectivity index (χ1v) is 19.2. The summed E-state index contributed by atoms with van der Waals surface area (Å²) >= 11 is 0. The predicted octanol–water partition coefficient (Wildman–Crippen LogP) is 14.1. The molecule has 0 atom stereocenters. The van der Waals surface area contributed by atoms with Crippen LogP contribution in [-0.4, -0.2) is 15.0 Å². The van der Waals surface area contributed by atoms with Crippen LogP contribution in [0.25, 0.3) is 111 Å². The highest BCUT2D eigenvalue weighted by Crippen LogP contribution is 2.45. The third-order valence-corrected chi connectivity index (χ3v) is 10.9. The first kappa shape index (κ1) is 32.7. The van der Waals surface area contributed by atoms with Crippen molar-refractivity contribution in [3.05, 3.63) is 200 Å². The lowest BCUT2D eigenvalue weighted by Crippen LogP contribution is -2.00. The van der Waals surface area contributed by atoms with Gasteiger partial charge in [-0.3, -0.25) is 0 Å². The van der Waals surface area contributed by atoms with Crippen LogP contribution in [0.4, 0.5) is 0 Å². The van der Waals surface area contributed by atoms with Gasteiger partial charge in [-0.2, -0.15) is 0 Å². The van der Waals surface area contributed by atoms with Crippen molar-refractivity contribution in [2.45, 2.75) is 0 Å². The van der Waals surface area contributed by atoms with Gasteiger partial charge in [-0.1, -0.05) is 176 Å². The molecule has 0 spiro atoms. The average Bonchev–Trinajstić information content (AvgIpc) is 3.68. The van der Waals surface area contributed by atoms with Gasteiger partial charge < -0.3 is 4.42 Å². The number of fused-ring (bicyclic) bond motifs is 5. The number of rotatable bonds is 6. The molecule has 2 heterocycles. The van der Waals surface area contributed by atoms with Gasteiger partial charge in [-0.05, 0) is 73.6 Å². The second-order valence-electron chi connectivity index (χ2n) is 14.4. The normalized spacial score (nSPS) is 11.5. The minimum Gasteiger partial charge on any atom is -0.455 e. The summed E-state index contributed by atoms with van der Waals surface area (Å²) < 4.78 is 6.94. The molecule has 11 aromatic rings. The molecule has 0 radical (unpaired) electrons. The lowest BCUT2D eigenvalue weighted by atomic mass is 9.90. The van der Waals surface area contributed by atoms with E-state index in [1.54, 1.807) is 0 Å². The standard InChI is InChI=1S/C53H33N3O/c1-3-17-36(18-4-1)51-54-52(37-19-5-2-6-20-37)56-53(55-51)39-24-11-23-38(31-39)44-28-14-30-48-49(44)47-33-40(43-27-12-21-34-15-7-9-25-41(34)43)32-46(50(47)57-48)45-29-13-22-35-16-8-10-26-42(35)45/h1-33H. The molecule has 57 heavy (non-hydrogen) atoms. The summed E-state index contributed by atoms with van der Waals surface area (Å²) in [6.07, 6.45) is 0. The number of nitrogens with zero attached hydrogens (tertiary/aromatic N) is 3. The van der Waals surface area contributed by atoms with E-state index in [1.165, 1.54) is 27.1 Å². The molecule has 266 valence electrons. The largest absolute Gasteiger partial charge is 0.455 e. The molecule has 0 aliphatic carbocycles. The molecule has 11 rings (SSSR count). The van der Waals surface area contributed by atoms with Crippen molar-refractivity contribution in [1.29, 1.82) is 0 Å². The summed E-state index contributed by atoms with van der Waals surface area (Å²) in [6, 6.07) is 69.9. The predicted molar refractivity (Wildman–Crippen MR) is 235 cm³/mol. The fourth-order valence-corrected chi connectivity index (χ4v) is 8.23. The van der Waals surface area contributed by atoms with E-state index in [4.69, 9.17) is 19.4 Å². The first-order chi connectivity index (χ1) is 28.2. The maximum absolute atomic E-state index is 6.94. The van der Waals surface area contributed by atoms with E-state index < -0.39 is 0 Å². The lowest BCUT2D eigenvalue weighted by Gasteiger charge is -2.13. The molecule has 4 heteroatoms. The molecular weight excluding hydrogens is 695 g/mol. The zero-order valence-corrected chi connectivity index (χ0v) is 30.8. The zero-order chi connectivity index (χ0) is 37.7. The smallest absolute Gasteiger partial charge is 0.164 e. The maximum Gasteiger partial charge on any atom is 0.164 e. The molecule has 0 aliphatic heterocycles. The van der Waals surface area contributed by atoms with Crippen molar-refractivity contribution in [3.63, 3.8) is 0 Å². The van der Waals surface area contributed by atoms with Crippen LogP contribution in [0, 0.1) is 0 Å². The van der Waals surface area contributed by atoms with Gasteiger partial charge in [-0.25, -0.2) is 15.0 Å². The topological polar surface area (TPSA) is 51.8 Å². The Hall–Kier alpha value is -7.69. The molecular formula is C53H33N3O. The third kappa shape index (κ3) is 5.74. The Kier molecular flexibility index (Phi) is 7.78. The Balaban J connectivity index is 1.15. The number of aromatic nitrogens is 3. The van der Waals surface area contributed by atoms with Crippen molar-refractivity contribution in [2.24, 2.45) is 0 Å². The molecule has 0 fully saturated rings. The van der Waals surface area contributed by atoms with Gasteiger partial charge in [0.05, 0.1) is 0 Å². The van der Waals surface area contributed by atoms with Crippen LogP contribution in [0.5, 0.6) is 0 Å². The number of hydrogen-bond donors (Lipinski definition) is 0. The lowest BCUT2D eigenvalue weighted by molar-refractivity contribution is 0.670. The highest BCUT2D eigenvalue weighted by Gasteiger charge is 2.21. The maximum atomic E-state index is 6.94. The average molecular weight is 728 g/mol. The minimum atomic E-state index is 0.616. The highest BCUT2D eigenvalue weighted by molar-refractivity contribution is 6.18.